The lowest BCUT2D eigenvalue weighted by atomic mass is 10.2. The van der Waals surface area contributed by atoms with Gasteiger partial charge in [0.1, 0.15) is 0 Å². The molecule has 1 aromatic heterocycles. The molecule has 0 radical (unpaired) electrons. The number of carbonyl (C=O) groups is 2. The summed E-state index contributed by atoms with van der Waals surface area (Å²) in [5.74, 6) is 0.269. The van der Waals surface area contributed by atoms with Crippen molar-refractivity contribution in [2.24, 2.45) is 0 Å². The van der Waals surface area contributed by atoms with Gasteiger partial charge in [-0.15, -0.1) is 0 Å². The van der Waals surface area contributed by atoms with E-state index in [9.17, 15) is 9.59 Å². The van der Waals surface area contributed by atoms with Crippen LogP contribution in [0.25, 0.3) is 0 Å². The number of aromatic nitrogens is 2. The lowest BCUT2D eigenvalue weighted by Crippen LogP contribution is -2.35. The van der Waals surface area contributed by atoms with Crippen molar-refractivity contribution in [2.75, 3.05) is 19.4 Å². The lowest BCUT2D eigenvalue weighted by Gasteiger charge is -2.20. The van der Waals surface area contributed by atoms with Crippen molar-refractivity contribution in [1.29, 1.82) is 0 Å². The summed E-state index contributed by atoms with van der Waals surface area (Å²) in [6, 6.07) is 8.88. The Bertz CT molecular complexity index is 708. The predicted molar refractivity (Wildman–Crippen MR) is 81.3 cm³/mol. The minimum atomic E-state index is -0.215. The van der Waals surface area contributed by atoms with E-state index in [-0.39, 0.29) is 11.9 Å². The van der Waals surface area contributed by atoms with Gasteiger partial charge in [0, 0.05) is 25.2 Å². The van der Waals surface area contributed by atoms with Crippen LogP contribution in [0.5, 0.6) is 0 Å². The molecule has 0 unspecified atom stereocenters. The summed E-state index contributed by atoms with van der Waals surface area (Å²) >= 11 is 0. The fourth-order valence-electron chi connectivity index (χ4n) is 2.43. The number of nitrogens with zero attached hydrogens (tertiary/aromatic N) is 3. The minimum absolute atomic E-state index is 0.0649. The van der Waals surface area contributed by atoms with E-state index in [0.717, 1.165) is 11.3 Å². The third kappa shape index (κ3) is 2.52. The molecule has 2 heterocycles. The maximum Gasteiger partial charge on any atom is 0.320 e. The molecule has 22 heavy (non-hydrogen) atoms. The molecule has 7 nitrogen and oxygen atoms in total. The number of fused-ring (bicyclic) bond motifs is 1. The molecule has 1 aromatic carbocycles. The second-order valence-electron chi connectivity index (χ2n) is 5.38. The predicted octanol–water partition coefficient (Wildman–Crippen LogP) is 1.66. The van der Waals surface area contributed by atoms with Crippen LogP contribution in [0, 0.1) is 0 Å². The van der Waals surface area contributed by atoms with Crippen molar-refractivity contribution >= 4 is 17.8 Å². The number of H-pyrrole nitrogens is 1. The second-order valence-corrected chi connectivity index (χ2v) is 5.38. The molecule has 0 fully saturated rings. The largest absolute Gasteiger partial charge is 0.331 e. The normalized spacial score (nSPS) is 12.9. The zero-order valence-corrected chi connectivity index (χ0v) is 12.5. The van der Waals surface area contributed by atoms with Crippen LogP contribution < -0.4 is 5.32 Å². The van der Waals surface area contributed by atoms with E-state index in [4.69, 9.17) is 0 Å². The van der Waals surface area contributed by atoms with E-state index in [1.54, 1.807) is 43.3 Å². The molecular formula is C15H17N5O2. The van der Waals surface area contributed by atoms with Gasteiger partial charge < -0.3 is 15.1 Å². The first-order valence-electron chi connectivity index (χ1n) is 6.95. The van der Waals surface area contributed by atoms with Crippen molar-refractivity contribution in [1.82, 2.24) is 20.0 Å². The molecule has 0 bridgehead atoms. The van der Waals surface area contributed by atoms with Gasteiger partial charge in [-0.25, -0.2) is 4.79 Å². The van der Waals surface area contributed by atoms with Crippen molar-refractivity contribution in [2.45, 2.75) is 13.1 Å². The molecule has 1 aliphatic rings. The molecule has 1 aliphatic heterocycles. The summed E-state index contributed by atoms with van der Waals surface area (Å²) in [5.41, 5.74) is 2.29. The molecule has 0 spiro atoms. The zero-order chi connectivity index (χ0) is 15.7. The molecule has 0 atom stereocenters. The number of benzene rings is 1. The molecular weight excluding hydrogens is 282 g/mol. The van der Waals surface area contributed by atoms with Gasteiger partial charge in [0.15, 0.2) is 5.82 Å². The number of anilines is 1. The summed E-state index contributed by atoms with van der Waals surface area (Å²) in [4.78, 5) is 27.4. The Morgan fingerprint density at radius 3 is 2.64 bits per heavy atom. The number of urea groups is 1. The maximum absolute atomic E-state index is 12.2. The topological polar surface area (TPSA) is 81.3 Å². The Morgan fingerprint density at radius 1 is 1.23 bits per heavy atom. The number of carbonyl (C=O) groups excluding carboxylic acids is 2. The number of hydrogen-bond acceptors (Lipinski definition) is 3. The number of hydrogen-bond donors (Lipinski definition) is 2. The molecule has 2 aromatic rings. The fraction of sp³-hybridized carbons (Fsp3) is 0.267. The van der Waals surface area contributed by atoms with Crippen LogP contribution in [-0.2, 0) is 13.1 Å². The molecule has 7 heteroatoms. The molecule has 0 aliphatic carbocycles. The van der Waals surface area contributed by atoms with Gasteiger partial charge in [0.05, 0.1) is 18.8 Å². The van der Waals surface area contributed by atoms with Gasteiger partial charge in [-0.2, -0.15) is 5.10 Å². The summed E-state index contributed by atoms with van der Waals surface area (Å²) in [6.45, 7) is 0.911. The standard InChI is InChI=1S/C15H17N5O2/c1-19(2)15(22)20-8-11-12(9-20)17-18-13(11)16-14(21)10-6-4-3-5-7-10/h3-7H,8-9H2,1-2H3,(H2,16,17,18,21). The van der Waals surface area contributed by atoms with Gasteiger partial charge in [0.25, 0.3) is 5.91 Å². The third-order valence-corrected chi connectivity index (χ3v) is 3.57. The quantitative estimate of drug-likeness (QED) is 0.885. The molecule has 3 rings (SSSR count). The van der Waals surface area contributed by atoms with Crippen LogP contribution in [0.4, 0.5) is 10.6 Å². The highest BCUT2D eigenvalue weighted by molar-refractivity contribution is 6.04. The van der Waals surface area contributed by atoms with Crippen LogP contribution in [0.15, 0.2) is 30.3 Å². The Morgan fingerprint density at radius 2 is 1.95 bits per heavy atom. The van der Waals surface area contributed by atoms with Gasteiger partial charge in [-0.1, -0.05) is 18.2 Å². The van der Waals surface area contributed by atoms with Crippen molar-refractivity contribution < 1.29 is 9.59 Å². The molecule has 0 saturated carbocycles. The summed E-state index contributed by atoms with van der Waals surface area (Å²) in [6.07, 6.45) is 0. The van der Waals surface area contributed by atoms with Gasteiger partial charge >= 0.3 is 6.03 Å². The minimum Gasteiger partial charge on any atom is -0.331 e. The van der Waals surface area contributed by atoms with E-state index < -0.39 is 0 Å². The highest BCUT2D eigenvalue weighted by Gasteiger charge is 2.29. The van der Waals surface area contributed by atoms with Crippen molar-refractivity contribution in [3.63, 3.8) is 0 Å². The number of aromatic amines is 1. The summed E-state index contributed by atoms with van der Waals surface area (Å²) in [5, 5.41) is 9.82. The molecule has 0 saturated heterocycles. The SMILES string of the molecule is CN(C)C(=O)N1Cc2[nH]nc(NC(=O)c3ccccc3)c2C1. The zero-order valence-electron chi connectivity index (χ0n) is 12.5. The van der Waals surface area contributed by atoms with Crippen molar-refractivity contribution in [3.05, 3.63) is 47.2 Å². The van der Waals surface area contributed by atoms with Crippen LogP contribution in [0.1, 0.15) is 21.6 Å². The number of amides is 3. The first-order chi connectivity index (χ1) is 10.6. The van der Waals surface area contributed by atoms with Crippen LogP contribution in [0.3, 0.4) is 0 Å². The van der Waals surface area contributed by atoms with Crippen molar-refractivity contribution in [3.8, 4) is 0 Å². The highest BCUT2D eigenvalue weighted by atomic mass is 16.2. The van der Waals surface area contributed by atoms with Crippen LogP contribution >= 0.6 is 0 Å². The monoisotopic (exact) mass is 299 g/mol. The van der Waals surface area contributed by atoms with Gasteiger partial charge in [0.2, 0.25) is 0 Å². The summed E-state index contributed by atoms with van der Waals surface area (Å²) in [7, 11) is 3.43. The average molecular weight is 299 g/mol. The van der Waals surface area contributed by atoms with E-state index in [2.05, 4.69) is 15.5 Å². The van der Waals surface area contributed by atoms with Crippen LogP contribution in [-0.4, -0.2) is 46.0 Å². The Labute approximate surface area is 127 Å². The Hall–Kier alpha value is -2.83. The number of nitrogens with one attached hydrogen (secondary N) is 2. The Balaban J connectivity index is 1.74. The van der Waals surface area contributed by atoms with E-state index in [0.29, 0.717) is 24.5 Å². The highest BCUT2D eigenvalue weighted by Crippen LogP contribution is 2.27. The van der Waals surface area contributed by atoms with E-state index in [1.165, 1.54) is 4.90 Å². The Kier molecular flexibility index (Phi) is 3.54. The lowest BCUT2D eigenvalue weighted by molar-refractivity contribution is 0.102. The maximum atomic E-state index is 12.2. The molecule has 114 valence electrons. The van der Waals surface area contributed by atoms with E-state index >= 15 is 0 Å². The van der Waals surface area contributed by atoms with Crippen LogP contribution in [0.2, 0.25) is 0 Å². The first-order valence-corrected chi connectivity index (χ1v) is 6.95. The number of rotatable bonds is 2. The fourth-order valence-corrected chi connectivity index (χ4v) is 2.43. The second kappa shape index (κ2) is 5.51. The summed E-state index contributed by atoms with van der Waals surface area (Å²) < 4.78 is 0. The average Bonchev–Trinajstić information content (AvgIpc) is 3.09. The molecule has 3 amide bonds. The first kappa shape index (κ1) is 14.1. The van der Waals surface area contributed by atoms with Gasteiger partial charge in [-0.05, 0) is 12.1 Å². The van der Waals surface area contributed by atoms with Gasteiger partial charge in [-0.3, -0.25) is 9.89 Å². The van der Waals surface area contributed by atoms with E-state index in [1.807, 2.05) is 6.07 Å². The third-order valence-electron chi connectivity index (χ3n) is 3.57. The molecule has 2 N–H and O–H groups in total. The smallest absolute Gasteiger partial charge is 0.320 e.